The second-order valence-corrected chi connectivity index (χ2v) is 12.3. The largest absolute Gasteiger partial charge is 0.506 e. The molecule has 1 N–H and O–H groups in total. The molecule has 41 heavy (non-hydrogen) atoms. The van der Waals surface area contributed by atoms with Gasteiger partial charge in [-0.25, -0.2) is 4.79 Å². The number of benzene rings is 2. The Hall–Kier alpha value is -3.46. The van der Waals surface area contributed by atoms with Crippen LogP contribution in [0, 0.1) is 5.41 Å². The van der Waals surface area contributed by atoms with Crippen molar-refractivity contribution in [3.63, 3.8) is 0 Å². The Kier molecular flexibility index (Phi) is 9.37. The molecule has 2 atom stereocenters. The van der Waals surface area contributed by atoms with Gasteiger partial charge in [0.05, 0.1) is 26.7 Å². The molecule has 2 aromatic carbocycles. The molecule has 10 heteroatoms. The van der Waals surface area contributed by atoms with Gasteiger partial charge in [-0.15, -0.1) is 0 Å². The van der Waals surface area contributed by atoms with Crippen molar-refractivity contribution < 1.29 is 33.7 Å². The molecular formula is C31H39ClN2O7. The van der Waals surface area contributed by atoms with Crippen molar-refractivity contribution in [2.24, 2.45) is 5.41 Å². The highest BCUT2D eigenvalue weighted by atomic mass is 35.5. The number of methoxy groups -OCH3 is 2. The summed E-state index contributed by atoms with van der Waals surface area (Å²) < 4.78 is 16.3. The van der Waals surface area contributed by atoms with Crippen LogP contribution < -0.4 is 9.47 Å². The highest BCUT2D eigenvalue weighted by molar-refractivity contribution is 6.30. The first-order chi connectivity index (χ1) is 19.4. The van der Waals surface area contributed by atoms with E-state index in [0.29, 0.717) is 48.9 Å². The zero-order valence-electron chi connectivity index (χ0n) is 24.3. The van der Waals surface area contributed by atoms with Crippen molar-refractivity contribution in [2.45, 2.75) is 58.0 Å². The summed E-state index contributed by atoms with van der Waals surface area (Å²) in [4.78, 5) is 42.1. The van der Waals surface area contributed by atoms with Crippen LogP contribution in [0.25, 0.3) is 0 Å². The van der Waals surface area contributed by atoms with E-state index in [4.69, 9.17) is 30.9 Å². The molecule has 2 aliphatic rings. The molecule has 2 unspecified atom stereocenters. The van der Waals surface area contributed by atoms with Gasteiger partial charge in [0.15, 0.2) is 11.5 Å². The summed E-state index contributed by atoms with van der Waals surface area (Å²) in [5.74, 6) is 0.0627. The zero-order valence-corrected chi connectivity index (χ0v) is 25.1. The Morgan fingerprint density at radius 3 is 2.34 bits per heavy atom. The van der Waals surface area contributed by atoms with Crippen molar-refractivity contribution in [2.75, 3.05) is 40.4 Å². The van der Waals surface area contributed by atoms with Crippen molar-refractivity contribution in [1.82, 2.24) is 9.80 Å². The number of halogens is 1. The first-order valence-electron chi connectivity index (χ1n) is 13.9. The quantitative estimate of drug-likeness (QED) is 0.425. The number of para-hydroxylation sites is 1. The SMILES string of the molecule is COc1cccc(C2CN(CC(=O)N3CCC(OC(=O)O)CC3)C(=O)C(CC(C)(C)C)c3ccc(Cl)cc32)c1OC. The average Bonchev–Trinajstić information content (AvgIpc) is 3.02. The van der Waals surface area contributed by atoms with Crippen molar-refractivity contribution >= 4 is 29.6 Å². The van der Waals surface area contributed by atoms with Gasteiger partial charge in [0.25, 0.3) is 0 Å². The van der Waals surface area contributed by atoms with E-state index >= 15 is 0 Å². The van der Waals surface area contributed by atoms with E-state index < -0.39 is 18.2 Å². The van der Waals surface area contributed by atoms with E-state index in [-0.39, 0.29) is 36.2 Å². The zero-order chi connectivity index (χ0) is 29.9. The summed E-state index contributed by atoms with van der Waals surface area (Å²) in [6.45, 7) is 7.20. The topological polar surface area (TPSA) is 106 Å². The molecule has 0 radical (unpaired) electrons. The Labute approximate surface area is 246 Å². The predicted octanol–water partition coefficient (Wildman–Crippen LogP) is 5.54. The molecule has 0 spiro atoms. The van der Waals surface area contributed by atoms with Crippen LogP contribution in [-0.4, -0.2) is 79.4 Å². The van der Waals surface area contributed by atoms with E-state index in [9.17, 15) is 14.4 Å². The first-order valence-corrected chi connectivity index (χ1v) is 14.3. The fourth-order valence-electron chi connectivity index (χ4n) is 5.96. The lowest BCUT2D eigenvalue weighted by molar-refractivity contribution is -0.142. The Bertz CT molecular complexity index is 1280. The number of carboxylic acid groups (broad SMARTS) is 1. The molecular weight excluding hydrogens is 548 g/mol. The van der Waals surface area contributed by atoms with Crippen LogP contribution in [0.4, 0.5) is 4.79 Å². The lowest BCUT2D eigenvalue weighted by atomic mass is 9.78. The molecule has 0 aliphatic carbocycles. The van der Waals surface area contributed by atoms with E-state index in [1.165, 1.54) is 0 Å². The number of hydrogen-bond donors (Lipinski definition) is 1. The van der Waals surface area contributed by atoms with Gasteiger partial charge < -0.3 is 29.1 Å². The number of carbonyl (C=O) groups excluding carboxylic acids is 2. The number of piperidine rings is 1. The number of carbonyl (C=O) groups is 3. The summed E-state index contributed by atoms with van der Waals surface area (Å²) in [7, 11) is 3.17. The maximum Gasteiger partial charge on any atom is 0.506 e. The van der Waals surface area contributed by atoms with Crippen LogP contribution in [0.2, 0.25) is 5.02 Å². The summed E-state index contributed by atoms with van der Waals surface area (Å²) in [5, 5.41) is 9.49. The lowest BCUT2D eigenvalue weighted by Crippen LogP contribution is -2.48. The standard InChI is InChI=1S/C31H39ClN2O7/c1-31(2,3)16-24-21-10-9-19(32)15-23(21)25(22-7-6-8-26(39-4)28(22)40-5)17-34(29(24)36)18-27(35)33-13-11-20(12-14-33)41-30(37)38/h6-10,15,20,24-25H,11-14,16-18H2,1-5H3,(H,37,38). The molecule has 0 saturated carbocycles. The number of likely N-dealkylation sites (tertiary alicyclic amines) is 1. The molecule has 222 valence electrons. The maximum absolute atomic E-state index is 14.3. The molecule has 2 aliphatic heterocycles. The monoisotopic (exact) mass is 586 g/mol. The summed E-state index contributed by atoms with van der Waals surface area (Å²) >= 11 is 6.54. The van der Waals surface area contributed by atoms with Crippen LogP contribution in [0.5, 0.6) is 11.5 Å². The molecule has 4 rings (SSSR count). The van der Waals surface area contributed by atoms with E-state index in [1.807, 2.05) is 36.4 Å². The van der Waals surface area contributed by atoms with Crippen molar-refractivity contribution in [3.8, 4) is 11.5 Å². The number of hydrogen-bond acceptors (Lipinski definition) is 6. The molecule has 0 bridgehead atoms. The van der Waals surface area contributed by atoms with Gasteiger partial charge in [-0.3, -0.25) is 9.59 Å². The van der Waals surface area contributed by atoms with Crippen LogP contribution in [0.15, 0.2) is 36.4 Å². The van der Waals surface area contributed by atoms with Gasteiger partial charge >= 0.3 is 6.16 Å². The summed E-state index contributed by atoms with van der Waals surface area (Å²) in [5.41, 5.74) is 2.49. The number of amides is 2. The summed E-state index contributed by atoms with van der Waals surface area (Å²) in [6, 6.07) is 11.3. The number of fused-ring (bicyclic) bond motifs is 1. The van der Waals surface area contributed by atoms with Crippen LogP contribution in [0.3, 0.4) is 0 Å². The third-order valence-corrected chi connectivity index (χ3v) is 8.06. The number of ether oxygens (including phenoxy) is 3. The minimum absolute atomic E-state index is 0.0889. The normalized spacial score (nSPS) is 19.8. The smallest absolute Gasteiger partial charge is 0.493 e. The molecule has 1 fully saturated rings. The minimum Gasteiger partial charge on any atom is -0.493 e. The van der Waals surface area contributed by atoms with Gasteiger partial charge in [0.2, 0.25) is 11.8 Å². The Balaban J connectivity index is 1.73. The van der Waals surface area contributed by atoms with Crippen LogP contribution in [0.1, 0.15) is 68.6 Å². The molecule has 9 nitrogen and oxygen atoms in total. The molecule has 2 heterocycles. The second kappa shape index (κ2) is 12.6. The van der Waals surface area contributed by atoms with E-state index in [0.717, 1.165) is 16.7 Å². The van der Waals surface area contributed by atoms with Crippen LogP contribution in [-0.2, 0) is 14.3 Å². The number of nitrogens with zero attached hydrogens (tertiary/aromatic N) is 2. The average molecular weight is 587 g/mol. The van der Waals surface area contributed by atoms with E-state index in [2.05, 4.69) is 20.8 Å². The van der Waals surface area contributed by atoms with Gasteiger partial charge in [0, 0.05) is 49.0 Å². The third kappa shape index (κ3) is 7.07. The Morgan fingerprint density at radius 2 is 1.73 bits per heavy atom. The third-order valence-electron chi connectivity index (χ3n) is 7.83. The van der Waals surface area contributed by atoms with Gasteiger partial charge in [0.1, 0.15) is 6.10 Å². The molecule has 1 saturated heterocycles. The number of rotatable bonds is 7. The van der Waals surface area contributed by atoms with Gasteiger partial charge in [-0.1, -0.05) is 50.6 Å². The molecule has 2 amide bonds. The predicted molar refractivity (Wildman–Crippen MR) is 155 cm³/mol. The Morgan fingerprint density at radius 1 is 1.02 bits per heavy atom. The maximum atomic E-state index is 14.3. The lowest BCUT2D eigenvalue weighted by Gasteiger charge is -2.34. The van der Waals surface area contributed by atoms with Crippen molar-refractivity contribution in [3.05, 3.63) is 58.1 Å². The fourth-order valence-corrected chi connectivity index (χ4v) is 6.14. The first kappa shape index (κ1) is 30.5. The minimum atomic E-state index is -1.31. The van der Waals surface area contributed by atoms with Gasteiger partial charge in [-0.05, 0) is 41.2 Å². The molecule has 2 aromatic rings. The van der Waals surface area contributed by atoms with E-state index in [1.54, 1.807) is 24.0 Å². The fraction of sp³-hybridized carbons (Fsp3) is 0.516. The van der Waals surface area contributed by atoms with Crippen LogP contribution >= 0.6 is 11.6 Å². The second-order valence-electron chi connectivity index (χ2n) is 11.9. The highest BCUT2D eigenvalue weighted by Crippen LogP contribution is 2.45. The molecule has 0 aromatic heterocycles. The highest BCUT2D eigenvalue weighted by Gasteiger charge is 2.40. The summed E-state index contributed by atoms with van der Waals surface area (Å²) in [6.07, 6.45) is -0.311. The van der Waals surface area contributed by atoms with Crippen molar-refractivity contribution in [1.29, 1.82) is 0 Å². The van der Waals surface area contributed by atoms with Gasteiger partial charge in [-0.2, -0.15) is 0 Å².